The van der Waals surface area contributed by atoms with Gasteiger partial charge in [0.25, 0.3) is 0 Å². The molecule has 5 saturated heterocycles. The second kappa shape index (κ2) is 24.4. The SMILES string of the molecule is C[C@@H]1/C=C\[C@@H]2[C@H](CC[C@@H]3C[C@H](O[C@H]4O[C@@H](CO)[C@H](O[C@H]5O[C@@H](CO)[C@H](O)[C@@H](O[C@H]6OC[C@H](O)[C@@H](O)[C@@H]6O)[C@@H]5O[C@H]5O[C@@H](CO)[C@H](O)[C@@H](O)[C@@H]5O)[C@@H](O)[C@@H]4O)[C@@H](O)C[C@]32C)C[C@@H](O)CO[C@@]2(CCCCO2)[C@@H](C)C1. The van der Waals surface area contributed by atoms with E-state index in [1.807, 2.05) is 0 Å². The fourth-order valence-corrected chi connectivity index (χ4v) is 12.9. The first-order valence-corrected chi connectivity index (χ1v) is 26.2. The summed E-state index contributed by atoms with van der Waals surface area (Å²) in [5, 5.41) is 152. The van der Waals surface area contributed by atoms with Crippen LogP contribution < -0.4 is 0 Å². The molecule has 2 saturated carbocycles. The average Bonchev–Trinajstić information content (AvgIpc) is 3.37. The number of hydrogen-bond acceptors (Lipinski definition) is 24. The van der Waals surface area contributed by atoms with Gasteiger partial charge in [-0.25, -0.2) is 0 Å². The van der Waals surface area contributed by atoms with Gasteiger partial charge in [0.15, 0.2) is 30.9 Å². The van der Waals surface area contributed by atoms with E-state index in [1.165, 1.54) is 0 Å². The number of ether oxygens (including phenoxy) is 10. The van der Waals surface area contributed by atoms with Gasteiger partial charge in [-0.05, 0) is 80.5 Å². The van der Waals surface area contributed by atoms with E-state index in [0.717, 1.165) is 38.5 Å². The number of aliphatic hydroxyl groups excluding tert-OH is 14. The fourth-order valence-electron chi connectivity index (χ4n) is 12.9. The predicted octanol–water partition coefficient (Wildman–Crippen LogP) is -4.02. The molecule has 73 heavy (non-hydrogen) atoms. The van der Waals surface area contributed by atoms with Crippen molar-refractivity contribution in [3.05, 3.63) is 12.2 Å². The van der Waals surface area contributed by atoms with Crippen LogP contribution in [0.3, 0.4) is 0 Å². The van der Waals surface area contributed by atoms with Crippen LogP contribution in [0.2, 0.25) is 0 Å². The van der Waals surface area contributed by atoms with Gasteiger partial charge in [-0.2, -0.15) is 0 Å². The lowest BCUT2D eigenvalue weighted by molar-refractivity contribution is -0.404. The molecule has 8 aliphatic rings. The zero-order chi connectivity index (χ0) is 52.7. The van der Waals surface area contributed by atoms with Gasteiger partial charge >= 0.3 is 0 Å². The van der Waals surface area contributed by atoms with Crippen LogP contribution in [0.5, 0.6) is 0 Å². The molecule has 0 radical (unpaired) electrons. The lowest BCUT2D eigenvalue weighted by atomic mass is 9.51. The third-order valence-electron chi connectivity index (χ3n) is 17.3. The van der Waals surface area contributed by atoms with Crippen LogP contribution in [0.1, 0.15) is 78.6 Å². The van der Waals surface area contributed by atoms with Crippen molar-refractivity contribution in [2.24, 2.45) is 35.0 Å². The summed E-state index contributed by atoms with van der Waals surface area (Å²) in [5.41, 5.74) is -0.418. The first-order valence-electron chi connectivity index (χ1n) is 26.2. The van der Waals surface area contributed by atoms with E-state index in [2.05, 4.69) is 32.9 Å². The Balaban J connectivity index is 0.980. The third-order valence-corrected chi connectivity index (χ3v) is 17.3. The lowest BCUT2D eigenvalue weighted by Crippen LogP contribution is -2.68. The van der Waals surface area contributed by atoms with Crippen molar-refractivity contribution in [2.75, 3.05) is 39.6 Å². The average molecular weight is 1060 g/mol. The molecule has 1 spiro atoms. The molecule has 14 N–H and O–H groups in total. The van der Waals surface area contributed by atoms with E-state index in [1.54, 1.807) is 0 Å². The zero-order valence-corrected chi connectivity index (χ0v) is 41.7. The highest BCUT2D eigenvalue weighted by molar-refractivity contribution is 5.11. The van der Waals surface area contributed by atoms with Gasteiger partial charge in [0.05, 0.1) is 58.0 Å². The molecule has 8 rings (SSSR count). The van der Waals surface area contributed by atoms with Gasteiger partial charge in [0, 0.05) is 12.3 Å². The topological polar surface area (TPSA) is 376 Å². The molecule has 0 aromatic carbocycles. The summed E-state index contributed by atoms with van der Waals surface area (Å²) >= 11 is 0. The standard InChI is InChI=1S/C49H82O24/c1-21-6-9-26-23(13-25(53)19-66-49(22(2)12-21)10-4-5-11-65-49)7-8-24-14-29(27(54)15-48(24,26)3)67-45-40(63)37(60)41(32(18-52)70-45)71-47-43(73-46-39(62)36(59)34(57)30(16-50)68-46)42(35(58)31(17-51)69-47)72-44-38(61)33(56)28(55)20-64-44/h6,9,21-47,50-63H,4-5,7-8,10-20H2,1-3H3/b9-6-/t21-,22+,23-,24-,25-,26-,27+,28+,29+,30+,31+,32+,33-,34+,35+,36-,37+,38+,39+,40+,41+,42-,43+,44-,45+,46-,47-,48-,49+/m1/s1. The van der Waals surface area contributed by atoms with E-state index in [0.29, 0.717) is 25.9 Å². The summed E-state index contributed by atoms with van der Waals surface area (Å²) in [7, 11) is 0. The van der Waals surface area contributed by atoms with E-state index in [9.17, 15) is 71.5 Å². The van der Waals surface area contributed by atoms with Crippen LogP contribution in [-0.2, 0) is 47.4 Å². The molecule has 2 aliphatic carbocycles. The molecule has 0 aromatic heterocycles. The molecule has 24 heteroatoms. The highest BCUT2D eigenvalue weighted by Gasteiger charge is 2.58. The van der Waals surface area contributed by atoms with Gasteiger partial charge < -0.3 is 119 Å². The van der Waals surface area contributed by atoms with Gasteiger partial charge in [-0.1, -0.05) is 32.9 Å². The van der Waals surface area contributed by atoms with Crippen molar-refractivity contribution in [1.29, 1.82) is 0 Å². The second-order valence-electron chi connectivity index (χ2n) is 22.2. The minimum absolute atomic E-state index is 0.00426. The second-order valence-corrected chi connectivity index (χ2v) is 22.2. The monoisotopic (exact) mass is 1050 g/mol. The van der Waals surface area contributed by atoms with E-state index >= 15 is 0 Å². The van der Waals surface area contributed by atoms with Crippen LogP contribution in [0.25, 0.3) is 0 Å². The van der Waals surface area contributed by atoms with Crippen LogP contribution >= 0.6 is 0 Å². The van der Waals surface area contributed by atoms with Gasteiger partial charge in [-0.15, -0.1) is 0 Å². The summed E-state index contributed by atoms with van der Waals surface area (Å²) in [6.07, 6.45) is -26.0. The molecule has 6 aliphatic heterocycles. The molecule has 0 bridgehead atoms. The van der Waals surface area contributed by atoms with Crippen LogP contribution in [0.4, 0.5) is 0 Å². The molecule has 422 valence electrons. The minimum atomic E-state index is -2.03. The Morgan fingerprint density at radius 2 is 1.18 bits per heavy atom. The van der Waals surface area contributed by atoms with Crippen molar-refractivity contribution in [2.45, 2.75) is 219 Å². The first-order chi connectivity index (χ1) is 34.7. The van der Waals surface area contributed by atoms with Gasteiger partial charge in [0.2, 0.25) is 0 Å². The van der Waals surface area contributed by atoms with Crippen molar-refractivity contribution in [1.82, 2.24) is 0 Å². The summed E-state index contributed by atoms with van der Waals surface area (Å²) < 4.78 is 60.2. The molecule has 0 aromatic rings. The van der Waals surface area contributed by atoms with Crippen molar-refractivity contribution in [3.8, 4) is 0 Å². The Kier molecular flexibility index (Phi) is 19.4. The quantitative estimate of drug-likeness (QED) is 0.0692. The Labute approximate surface area is 424 Å². The van der Waals surface area contributed by atoms with Gasteiger partial charge in [0.1, 0.15) is 91.6 Å². The molecular formula is C49H82O24. The largest absolute Gasteiger partial charge is 0.394 e. The Hall–Kier alpha value is -1.22. The Bertz CT molecular complexity index is 1760. The first kappa shape index (κ1) is 57.9. The van der Waals surface area contributed by atoms with Crippen molar-refractivity contribution >= 4 is 0 Å². The summed E-state index contributed by atoms with van der Waals surface area (Å²) in [4.78, 5) is 0. The van der Waals surface area contributed by atoms with Crippen molar-refractivity contribution < 1.29 is 119 Å². The highest BCUT2D eigenvalue weighted by atomic mass is 16.8. The molecule has 7 fully saturated rings. The Morgan fingerprint density at radius 1 is 0.548 bits per heavy atom. The minimum Gasteiger partial charge on any atom is -0.394 e. The van der Waals surface area contributed by atoms with Crippen LogP contribution in [0.15, 0.2) is 12.2 Å². The van der Waals surface area contributed by atoms with Crippen LogP contribution in [0, 0.1) is 35.0 Å². The predicted molar refractivity (Wildman–Crippen MR) is 245 cm³/mol. The Morgan fingerprint density at radius 3 is 1.88 bits per heavy atom. The van der Waals surface area contributed by atoms with Gasteiger partial charge in [-0.3, -0.25) is 0 Å². The van der Waals surface area contributed by atoms with E-state index in [-0.39, 0.29) is 36.2 Å². The molecule has 29 atom stereocenters. The number of aliphatic hydroxyl groups is 14. The zero-order valence-electron chi connectivity index (χ0n) is 41.7. The third kappa shape index (κ3) is 12.0. The number of fused-ring (bicyclic) bond motifs is 3. The highest BCUT2D eigenvalue weighted by Crippen LogP contribution is 2.57. The van der Waals surface area contributed by atoms with E-state index in [4.69, 9.17) is 47.4 Å². The molecule has 0 unspecified atom stereocenters. The molecule has 6 heterocycles. The van der Waals surface area contributed by atoms with E-state index < -0.39 is 173 Å². The summed E-state index contributed by atoms with van der Waals surface area (Å²) in [6, 6.07) is 0. The molecule has 0 amide bonds. The summed E-state index contributed by atoms with van der Waals surface area (Å²) in [6.45, 7) is 4.10. The number of hydrogen-bond donors (Lipinski definition) is 14. The normalized spacial score (nSPS) is 53.8. The van der Waals surface area contributed by atoms with Crippen LogP contribution in [-0.4, -0.2) is 252 Å². The van der Waals surface area contributed by atoms with Crippen molar-refractivity contribution in [3.63, 3.8) is 0 Å². The number of rotatable bonds is 11. The molecular weight excluding hydrogens is 973 g/mol. The summed E-state index contributed by atoms with van der Waals surface area (Å²) in [5.74, 6) is -0.328. The lowest BCUT2D eigenvalue weighted by Gasteiger charge is -2.56. The molecule has 24 nitrogen and oxygen atoms in total. The maximum absolute atomic E-state index is 11.9. The fraction of sp³-hybridized carbons (Fsp3) is 0.959. The maximum Gasteiger partial charge on any atom is 0.187 e. The smallest absolute Gasteiger partial charge is 0.187 e. The maximum atomic E-state index is 11.9. The number of allylic oxidation sites excluding steroid dienone is 2.